The molecule has 0 spiro atoms. The lowest BCUT2D eigenvalue weighted by atomic mass is 10.0. The topological polar surface area (TPSA) is 63.3 Å². The lowest BCUT2D eigenvalue weighted by Crippen LogP contribution is -1.98. The van der Waals surface area contributed by atoms with Crippen LogP contribution < -0.4 is 5.73 Å². The fraction of sp³-hybridized carbons (Fsp3) is 0.182. The number of aryl methyl sites for hydroxylation is 1. The molecule has 1 aromatic rings. The van der Waals surface area contributed by atoms with Crippen LogP contribution in [0.2, 0.25) is 0 Å². The third-order valence-corrected chi connectivity index (χ3v) is 2.10. The van der Waals surface area contributed by atoms with Crippen LogP contribution in [0.5, 0.6) is 0 Å². The molecule has 0 unspecified atom stereocenters. The molecule has 0 heterocycles. The van der Waals surface area contributed by atoms with Crippen molar-refractivity contribution in [1.29, 1.82) is 0 Å². The highest BCUT2D eigenvalue weighted by molar-refractivity contribution is 5.90. The molecule has 3 nitrogen and oxygen atoms in total. The molecule has 0 saturated heterocycles. The highest BCUT2D eigenvalue weighted by atomic mass is 19.1. The Balaban J connectivity index is 3.16. The molecule has 15 heavy (non-hydrogen) atoms. The van der Waals surface area contributed by atoms with E-state index in [1.54, 1.807) is 12.1 Å². The lowest BCUT2D eigenvalue weighted by Gasteiger charge is -2.05. The molecule has 0 fully saturated rings. The van der Waals surface area contributed by atoms with Gasteiger partial charge in [-0.25, -0.2) is 4.79 Å². The zero-order chi connectivity index (χ0) is 11.4. The van der Waals surface area contributed by atoms with Crippen molar-refractivity contribution < 1.29 is 14.3 Å². The minimum atomic E-state index is -1.59. The highest BCUT2D eigenvalue weighted by Crippen LogP contribution is 2.21. The number of nitrogen functional groups attached to an aromatic ring is 1. The average Bonchev–Trinajstić information content (AvgIpc) is 2.21. The number of carbonyl (C=O) groups is 1. The Labute approximate surface area is 87.0 Å². The summed E-state index contributed by atoms with van der Waals surface area (Å²) in [5.74, 6) is -2.80. The molecule has 0 atom stereocenters. The van der Waals surface area contributed by atoms with Gasteiger partial charge in [0, 0.05) is 11.3 Å². The summed E-state index contributed by atoms with van der Waals surface area (Å²) in [4.78, 5) is 10.3. The van der Waals surface area contributed by atoms with Gasteiger partial charge in [-0.05, 0) is 18.1 Å². The molecule has 1 aromatic carbocycles. The van der Waals surface area contributed by atoms with E-state index in [4.69, 9.17) is 10.8 Å². The van der Waals surface area contributed by atoms with Crippen LogP contribution >= 0.6 is 0 Å². The van der Waals surface area contributed by atoms with Crippen molar-refractivity contribution in [3.63, 3.8) is 0 Å². The van der Waals surface area contributed by atoms with Crippen LogP contribution in [0.4, 0.5) is 10.1 Å². The molecule has 1 rings (SSSR count). The molecule has 80 valence electrons. The van der Waals surface area contributed by atoms with Crippen LogP contribution in [0.1, 0.15) is 18.1 Å². The minimum Gasteiger partial charge on any atom is -0.476 e. The second-order valence-electron chi connectivity index (χ2n) is 3.07. The fourth-order valence-electron chi connectivity index (χ4n) is 1.27. The normalized spacial score (nSPS) is 11.5. The Hall–Kier alpha value is -1.84. The van der Waals surface area contributed by atoms with Gasteiger partial charge in [-0.3, -0.25) is 0 Å². The minimum absolute atomic E-state index is 0.397. The molecule has 0 radical (unpaired) electrons. The number of benzene rings is 1. The first-order valence-corrected chi connectivity index (χ1v) is 4.54. The van der Waals surface area contributed by atoms with Crippen molar-refractivity contribution in [3.8, 4) is 0 Å². The van der Waals surface area contributed by atoms with E-state index in [9.17, 15) is 9.18 Å². The number of rotatable bonds is 3. The number of hydrogen-bond donors (Lipinski definition) is 2. The second kappa shape index (κ2) is 4.59. The number of halogens is 1. The molecule has 0 saturated carbocycles. The van der Waals surface area contributed by atoms with Crippen LogP contribution in [-0.2, 0) is 11.2 Å². The Morgan fingerprint density at radius 2 is 2.27 bits per heavy atom. The summed E-state index contributed by atoms with van der Waals surface area (Å²) in [5.41, 5.74) is 7.44. The van der Waals surface area contributed by atoms with E-state index in [0.717, 1.165) is 18.1 Å². The molecule has 0 aromatic heterocycles. The van der Waals surface area contributed by atoms with Gasteiger partial charge in [0.15, 0.2) is 0 Å². The van der Waals surface area contributed by atoms with Gasteiger partial charge in [0.05, 0.1) is 0 Å². The smallest absolute Gasteiger partial charge is 0.364 e. The standard InChI is InChI=1S/C11H12FNO2/c1-2-7-4-3-5-8(10(7)13)6-9(12)11(14)15/h3-6H,2,13H2,1H3,(H,14,15)/b9-6-. The maximum atomic E-state index is 12.8. The molecular formula is C11H12FNO2. The summed E-state index contributed by atoms with van der Waals surface area (Å²) in [7, 11) is 0. The molecule has 0 amide bonds. The van der Waals surface area contributed by atoms with Gasteiger partial charge >= 0.3 is 5.97 Å². The van der Waals surface area contributed by atoms with Gasteiger partial charge in [-0.15, -0.1) is 0 Å². The van der Waals surface area contributed by atoms with Crippen molar-refractivity contribution in [2.24, 2.45) is 0 Å². The van der Waals surface area contributed by atoms with E-state index in [-0.39, 0.29) is 0 Å². The second-order valence-corrected chi connectivity index (χ2v) is 3.07. The summed E-state index contributed by atoms with van der Waals surface area (Å²) < 4.78 is 12.8. The van der Waals surface area contributed by atoms with Crippen molar-refractivity contribution >= 4 is 17.7 Å². The monoisotopic (exact) mass is 209 g/mol. The Morgan fingerprint density at radius 3 is 2.80 bits per heavy atom. The number of aliphatic carboxylic acids is 1. The number of hydrogen-bond acceptors (Lipinski definition) is 2. The summed E-state index contributed by atoms with van der Waals surface area (Å²) in [6.45, 7) is 1.92. The van der Waals surface area contributed by atoms with Crippen LogP contribution in [0.3, 0.4) is 0 Å². The Morgan fingerprint density at radius 1 is 1.60 bits per heavy atom. The van der Waals surface area contributed by atoms with Crippen LogP contribution in [-0.4, -0.2) is 11.1 Å². The quantitative estimate of drug-likeness (QED) is 0.592. The van der Waals surface area contributed by atoms with Crippen molar-refractivity contribution in [3.05, 3.63) is 35.2 Å². The first-order chi connectivity index (χ1) is 7.06. The van der Waals surface area contributed by atoms with E-state index < -0.39 is 11.8 Å². The van der Waals surface area contributed by atoms with Crippen LogP contribution in [0.25, 0.3) is 6.08 Å². The largest absolute Gasteiger partial charge is 0.476 e. The number of para-hydroxylation sites is 1. The average molecular weight is 209 g/mol. The number of carboxylic acid groups (broad SMARTS) is 1. The number of nitrogens with two attached hydrogens (primary N) is 1. The molecule has 3 N–H and O–H groups in total. The molecule has 0 bridgehead atoms. The van der Waals surface area contributed by atoms with Gasteiger partial charge in [0.2, 0.25) is 5.83 Å². The lowest BCUT2D eigenvalue weighted by molar-refractivity contribution is -0.134. The highest BCUT2D eigenvalue weighted by Gasteiger charge is 2.07. The number of anilines is 1. The zero-order valence-corrected chi connectivity index (χ0v) is 8.33. The molecule has 0 aliphatic rings. The predicted octanol–water partition coefficient (Wildman–Crippen LogP) is 2.23. The van der Waals surface area contributed by atoms with Gasteiger partial charge in [-0.1, -0.05) is 25.1 Å². The van der Waals surface area contributed by atoms with Crippen molar-refractivity contribution in [2.75, 3.05) is 5.73 Å². The van der Waals surface area contributed by atoms with Gasteiger partial charge in [-0.2, -0.15) is 4.39 Å². The van der Waals surface area contributed by atoms with Crippen molar-refractivity contribution in [2.45, 2.75) is 13.3 Å². The molecular weight excluding hydrogens is 197 g/mol. The number of carboxylic acids is 1. The Kier molecular flexibility index (Phi) is 3.44. The molecule has 0 aliphatic carbocycles. The summed E-state index contributed by atoms with van der Waals surface area (Å²) in [6, 6.07) is 5.12. The van der Waals surface area contributed by atoms with Crippen LogP contribution in [0, 0.1) is 0 Å². The van der Waals surface area contributed by atoms with Gasteiger partial charge in [0.1, 0.15) is 0 Å². The summed E-state index contributed by atoms with van der Waals surface area (Å²) in [6.07, 6.45) is 1.65. The van der Waals surface area contributed by atoms with Crippen molar-refractivity contribution in [1.82, 2.24) is 0 Å². The molecule has 4 heteroatoms. The third-order valence-electron chi connectivity index (χ3n) is 2.10. The third kappa shape index (κ3) is 2.56. The van der Waals surface area contributed by atoms with E-state index in [2.05, 4.69) is 0 Å². The Bertz CT molecular complexity index is 413. The van der Waals surface area contributed by atoms with Gasteiger partial charge in [0.25, 0.3) is 0 Å². The predicted molar refractivity (Wildman–Crippen MR) is 57.0 cm³/mol. The maximum absolute atomic E-state index is 12.8. The van der Waals surface area contributed by atoms with Gasteiger partial charge < -0.3 is 10.8 Å². The van der Waals surface area contributed by atoms with E-state index in [1.165, 1.54) is 0 Å². The molecule has 0 aliphatic heterocycles. The SMILES string of the molecule is CCc1cccc(/C=C(\F)C(=O)O)c1N. The van der Waals surface area contributed by atoms with Crippen LogP contribution in [0.15, 0.2) is 24.0 Å². The first-order valence-electron chi connectivity index (χ1n) is 4.54. The van der Waals surface area contributed by atoms with E-state index >= 15 is 0 Å². The summed E-state index contributed by atoms with van der Waals surface area (Å²) in [5, 5.41) is 8.38. The zero-order valence-electron chi connectivity index (χ0n) is 8.33. The first kappa shape index (κ1) is 11.2. The van der Waals surface area contributed by atoms with E-state index in [1.807, 2.05) is 13.0 Å². The maximum Gasteiger partial charge on any atom is 0.364 e. The fourth-order valence-corrected chi connectivity index (χ4v) is 1.27. The van der Waals surface area contributed by atoms with E-state index in [0.29, 0.717) is 11.3 Å². The summed E-state index contributed by atoms with van der Waals surface area (Å²) >= 11 is 0.